The van der Waals surface area contributed by atoms with Crippen LogP contribution in [0.5, 0.6) is 0 Å². The Morgan fingerprint density at radius 2 is 2.00 bits per heavy atom. The van der Waals surface area contributed by atoms with Gasteiger partial charge in [-0.3, -0.25) is 4.40 Å². The van der Waals surface area contributed by atoms with E-state index >= 15 is 0 Å². The Kier molecular flexibility index (Phi) is 3.11. The number of hydrogen-bond donors (Lipinski definition) is 1. The maximum atomic E-state index is 9.52. The topological polar surface area (TPSA) is 69.8 Å². The highest BCUT2D eigenvalue weighted by Gasteiger charge is 2.12. The Bertz CT molecular complexity index is 1060. The standard InChI is InChI=1S/C17H10ClN5/c18-16-14(23-8-4-3-7-15(23)22-16)9-11(10-19)17-20-12-5-1-2-6-13(12)21-17/h1-9H,(H,20,21). The van der Waals surface area contributed by atoms with Gasteiger partial charge in [-0.25, -0.2) is 9.97 Å². The van der Waals surface area contributed by atoms with Crippen LogP contribution < -0.4 is 0 Å². The van der Waals surface area contributed by atoms with E-state index < -0.39 is 0 Å². The molecule has 0 amide bonds. The van der Waals surface area contributed by atoms with Gasteiger partial charge in [-0.1, -0.05) is 29.8 Å². The van der Waals surface area contributed by atoms with Gasteiger partial charge in [0.1, 0.15) is 17.5 Å². The molecular formula is C17H10ClN5. The highest BCUT2D eigenvalue weighted by atomic mass is 35.5. The maximum absolute atomic E-state index is 9.52. The summed E-state index contributed by atoms with van der Waals surface area (Å²) in [7, 11) is 0. The van der Waals surface area contributed by atoms with Crippen molar-refractivity contribution in [2.75, 3.05) is 0 Å². The number of pyridine rings is 1. The van der Waals surface area contributed by atoms with Crippen LogP contribution in [-0.4, -0.2) is 19.4 Å². The van der Waals surface area contributed by atoms with Gasteiger partial charge < -0.3 is 4.98 Å². The Morgan fingerprint density at radius 3 is 2.83 bits per heavy atom. The normalized spacial score (nSPS) is 11.9. The van der Waals surface area contributed by atoms with Crippen LogP contribution in [0.1, 0.15) is 11.5 Å². The number of fused-ring (bicyclic) bond motifs is 2. The predicted molar refractivity (Wildman–Crippen MR) is 89.8 cm³/mol. The summed E-state index contributed by atoms with van der Waals surface area (Å²) >= 11 is 6.22. The summed E-state index contributed by atoms with van der Waals surface area (Å²) in [6.45, 7) is 0. The predicted octanol–water partition coefficient (Wildman–Crippen LogP) is 3.93. The fourth-order valence-electron chi connectivity index (χ4n) is 2.49. The Labute approximate surface area is 136 Å². The molecule has 0 unspecified atom stereocenters. The molecule has 110 valence electrons. The average molecular weight is 320 g/mol. The molecule has 6 heteroatoms. The minimum atomic E-state index is 0.347. The van der Waals surface area contributed by atoms with Crippen LogP contribution >= 0.6 is 11.6 Å². The Hall–Kier alpha value is -3.10. The van der Waals surface area contributed by atoms with Crippen LogP contribution in [0.3, 0.4) is 0 Å². The molecule has 5 nitrogen and oxygen atoms in total. The van der Waals surface area contributed by atoms with Gasteiger partial charge in [0.25, 0.3) is 0 Å². The van der Waals surface area contributed by atoms with Crippen molar-refractivity contribution in [1.82, 2.24) is 19.4 Å². The zero-order valence-electron chi connectivity index (χ0n) is 11.9. The van der Waals surface area contributed by atoms with E-state index in [9.17, 15) is 5.26 Å². The van der Waals surface area contributed by atoms with Crippen molar-refractivity contribution in [2.45, 2.75) is 0 Å². The van der Waals surface area contributed by atoms with Crippen LogP contribution in [0.25, 0.3) is 28.3 Å². The lowest BCUT2D eigenvalue weighted by Gasteiger charge is -1.97. The molecular weight excluding hydrogens is 310 g/mol. The molecule has 0 radical (unpaired) electrons. The molecule has 3 heterocycles. The number of halogens is 1. The van der Waals surface area contributed by atoms with Crippen LogP contribution in [0.4, 0.5) is 0 Å². The van der Waals surface area contributed by atoms with E-state index in [-0.39, 0.29) is 0 Å². The zero-order chi connectivity index (χ0) is 15.8. The first-order valence-corrected chi connectivity index (χ1v) is 7.33. The van der Waals surface area contributed by atoms with Gasteiger partial charge in [-0.15, -0.1) is 0 Å². The summed E-state index contributed by atoms with van der Waals surface area (Å²) in [5.74, 6) is 0.510. The molecule has 0 aliphatic carbocycles. The fourth-order valence-corrected chi connectivity index (χ4v) is 2.72. The lowest BCUT2D eigenvalue weighted by atomic mass is 10.2. The summed E-state index contributed by atoms with van der Waals surface area (Å²) in [6.07, 6.45) is 3.55. The number of allylic oxidation sites excluding steroid dienone is 1. The van der Waals surface area contributed by atoms with E-state index in [1.165, 1.54) is 0 Å². The molecule has 1 aromatic carbocycles. The monoisotopic (exact) mass is 319 g/mol. The number of nitriles is 1. The number of aromatic nitrogens is 4. The van der Waals surface area contributed by atoms with Gasteiger partial charge in [0.15, 0.2) is 5.15 Å². The van der Waals surface area contributed by atoms with Gasteiger partial charge >= 0.3 is 0 Å². The molecule has 0 bridgehead atoms. The number of rotatable bonds is 2. The highest BCUT2D eigenvalue weighted by molar-refractivity contribution is 6.31. The fraction of sp³-hybridized carbons (Fsp3) is 0. The number of benzene rings is 1. The van der Waals surface area contributed by atoms with E-state index in [2.05, 4.69) is 21.0 Å². The minimum Gasteiger partial charge on any atom is -0.337 e. The molecule has 3 aromatic heterocycles. The van der Waals surface area contributed by atoms with Crippen molar-refractivity contribution in [1.29, 1.82) is 5.26 Å². The van der Waals surface area contributed by atoms with Gasteiger partial charge in [0.05, 0.1) is 22.3 Å². The minimum absolute atomic E-state index is 0.347. The van der Waals surface area contributed by atoms with Crippen molar-refractivity contribution in [2.24, 2.45) is 0 Å². The summed E-state index contributed by atoms with van der Waals surface area (Å²) in [5, 5.41) is 9.86. The van der Waals surface area contributed by atoms with Crippen LogP contribution in [0.2, 0.25) is 5.15 Å². The number of nitrogens with zero attached hydrogens (tertiary/aromatic N) is 4. The second-order valence-corrected chi connectivity index (χ2v) is 5.35. The summed E-state index contributed by atoms with van der Waals surface area (Å²) in [4.78, 5) is 11.9. The van der Waals surface area contributed by atoms with Gasteiger partial charge in [-0.2, -0.15) is 5.26 Å². The first-order valence-electron chi connectivity index (χ1n) is 6.96. The van der Waals surface area contributed by atoms with E-state index in [1.807, 2.05) is 53.1 Å². The average Bonchev–Trinajstić information content (AvgIpc) is 3.13. The van der Waals surface area contributed by atoms with Gasteiger partial charge in [0, 0.05) is 6.20 Å². The smallest absolute Gasteiger partial charge is 0.155 e. The molecule has 0 saturated carbocycles. The molecule has 4 rings (SSSR count). The molecule has 0 spiro atoms. The number of hydrogen-bond acceptors (Lipinski definition) is 3. The van der Waals surface area contributed by atoms with E-state index in [0.717, 1.165) is 16.7 Å². The van der Waals surface area contributed by atoms with Crippen molar-refractivity contribution in [3.63, 3.8) is 0 Å². The summed E-state index contributed by atoms with van der Waals surface area (Å²) < 4.78 is 1.84. The lowest BCUT2D eigenvalue weighted by molar-refractivity contribution is 1.17. The third-order valence-electron chi connectivity index (χ3n) is 3.57. The number of nitrogens with one attached hydrogen (secondary N) is 1. The van der Waals surface area contributed by atoms with Crippen molar-refractivity contribution in [3.8, 4) is 6.07 Å². The molecule has 4 aromatic rings. The van der Waals surface area contributed by atoms with Crippen LogP contribution in [0, 0.1) is 11.3 Å². The molecule has 0 atom stereocenters. The van der Waals surface area contributed by atoms with E-state index in [1.54, 1.807) is 6.08 Å². The zero-order valence-corrected chi connectivity index (χ0v) is 12.6. The van der Waals surface area contributed by atoms with Crippen molar-refractivity contribution >= 4 is 39.9 Å². The maximum Gasteiger partial charge on any atom is 0.155 e. The summed E-state index contributed by atoms with van der Waals surface area (Å²) in [6, 6.07) is 15.4. The van der Waals surface area contributed by atoms with E-state index in [4.69, 9.17) is 11.6 Å². The molecule has 0 aliphatic heterocycles. The number of aromatic amines is 1. The number of imidazole rings is 2. The SMILES string of the molecule is N#CC(=Cc1c(Cl)nc2ccccn12)c1nc2ccccc2[nH]1. The number of para-hydroxylation sites is 2. The summed E-state index contributed by atoms with van der Waals surface area (Å²) in [5.41, 5.74) is 3.47. The van der Waals surface area contributed by atoms with Gasteiger partial charge in [0.2, 0.25) is 0 Å². The quantitative estimate of drug-likeness (QED) is 0.569. The van der Waals surface area contributed by atoms with Crippen molar-refractivity contribution in [3.05, 3.63) is 65.3 Å². The van der Waals surface area contributed by atoms with Crippen molar-refractivity contribution < 1.29 is 0 Å². The largest absolute Gasteiger partial charge is 0.337 e. The third kappa shape index (κ3) is 2.26. The second-order valence-electron chi connectivity index (χ2n) is 4.99. The number of H-pyrrole nitrogens is 1. The second kappa shape index (κ2) is 5.27. The first kappa shape index (κ1) is 13.6. The molecule has 1 N–H and O–H groups in total. The Balaban J connectivity index is 1.90. The first-order chi connectivity index (χ1) is 11.3. The van der Waals surface area contributed by atoms with Gasteiger partial charge in [-0.05, 0) is 30.3 Å². The van der Waals surface area contributed by atoms with E-state index in [0.29, 0.717) is 22.2 Å². The molecule has 0 saturated heterocycles. The lowest BCUT2D eigenvalue weighted by Crippen LogP contribution is -1.89. The third-order valence-corrected chi connectivity index (χ3v) is 3.85. The highest BCUT2D eigenvalue weighted by Crippen LogP contribution is 2.24. The van der Waals surface area contributed by atoms with Crippen LogP contribution in [0.15, 0.2) is 48.7 Å². The molecule has 0 aliphatic rings. The van der Waals surface area contributed by atoms with Crippen LogP contribution in [-0.2, 0) is 0 Å². The molecule has 0 fully saturated rings. The Morgan fingerprint density at radius 1 is 1.17 bits per heavy atom. The molecule has 23 heavy (non-hydrogen) atoms.